The molecular weight excluding hydrogens is 462 g/mol. The molecule has 0 spiro atoms. The third kappa shape index (κ3) is 8.38. The molecule has 192 valence electrons. The SMILES string of the molecule is CCNC(=O)[C@H](CC)N(Cc1cccc(C)c1)C(=O)CCCN(c1ccc(CC)cc1)S(C)(=O)=O. The number of aryl methyl sites for hydroxylation is 2. The molecule has 35 heavy (non-hydrogen) atoms. The van der Waals surface area contributed by atoms with Crippen LogP contribution in [0.25, 0.3) is 0 Å². The number of hydrogen-bond donors (Lipinski definition) is 1. The lowest BCUT2D eigenvalue weighted by atomic mass is 10.1. The summed E-state index contributed by atoms with van der Waals surface area (Å²) in [5, 5.41) is 2.83. The van der Waals surface area contributed by atoms with Crippen LogP contribution in [0.15, 0.2) is 48.5 Å². The molecule has 0 aromatic heterocycles. The highest BCUT2D eigenvalue weighted by molar-refractivity contribution is 7.92. The van der Waals surface area contributed by atoms with Gasteiger partial charge in [-0.05, 0) is 56.4 Å². The van der Waals surface area contributed by atoms with Crippen LogP contribution < -0.4 is 9.62 Å². The number of carbonyl (C=O) groups excluding carboxylic acids is 2. The summed E-state index contributed by atoms with van der Waals surface area (Å²) >= 11 is 0. The molecule has 0 aliphatic heterocycles. The minimum Gasteiger partial charge on any atom is -0.355 e. The van der Waals surface area contributed by atoms with Crippen LogP contribution in [0.4, 0.5) is 5.69 Å². The summed E-state index contributed by atoms with van der Waals surface area (Å²) in [6, 6.07) is 14.7. The first-order valence-electron chi connectivity index (χ1n) is 12.3. The maximum atomic E-state index is 13.4. The van der Waals surface area contributed by atoms with Gasteiger partial charge >= 0.3 is 0 Å². The van der Waals surface area contributed by atoms with Crippen LogP contribution >= 0.6 is 0 Å². The van der Waals surface area contributed by atoms with Gasteiger partial charge in [-0.15, -0.1) is 0 Å². The highest BCUT2D eigenvalue weighted by Crippen LogP contribution is 2.20. The van der Waals surface area contributed by atoms with Gasteiger partial charge in [0.25, 0.3) is 0 Å². The Morgan fingerprint density at radius 2 is 1.69 bits per heavy atom. The molecule has 8 heteroatoms. The molecule has 2 aromatic carbocycles. The van der Waals surface area contributed by atoms with E-state index in [1.165, 1.54) is 10.6 Å². The zero-order valence-electron chi connectivity index (χ0n) is 21.6. The predicted octanol–water partition coefficient (Wildman–Crippen LogP) is 4.05. The van der Waals surface area contributed by atoms with Gasteiger partial charge in [0.1, 0.15) is 6.04 Å². The van der Waals surface area contributed by atoms with Crippen LogP contribution in [0.5, 0.6) is 0 Å². The Bertz CT molecular complexity index is 1080. The number of carbonyl (C=O) groups is 2. The second-order valence-electron chi connectivity index (χ2n) is 8.79. The van der Waals surface area contributed by atoms with Crippen molar-refractivity contribution in [1.29, 1.82) is 0 Å². The van der Waals surface area contributed by atoms with Crippen molar-refractivity contribution in [2.45, 2.75) is 66.0 Å². The summed E-state index contributed by atoms with van der Waals surface area (Å²) < 4.78 is 26.3. The van der Waals surface area contributed by atoms with Crippen molar-refractivity contribution in [2.75, 3.05) is 23.7 Å². The van der Waals surface area contributed by atoms with Crippen molar-refractivity contribution >= 4 is 27.5 Å². The maximum absolute atomic E-state index is 13.4. The summed E-state index contributed by atoms with van der Waals surface area (Å²) in [4.78, 5) is 27.7. The first-order chi connectivity index (χ1) is 16.6. The third-order valence-electron chi connectivity index (χ3n) is 5.96. The lowest BCUT2D eigenvalue weighted by Crippen LogP contribution is -2.49. The fourth-order valence-corrected chi connectivity index (χ4v) is 5.09. The quantitative estimate of drug-likeness (QED) is 0.449. The number of anilines is 1. The van der Waals surface area contributed by atoms with E-state index in [0.717, 1.165) is 23.1 Å². The van der Waals surface area contributed by atoms with Gasteiger partial charge in [-0.25, -0.2) is 8.42 Å². The summed E-state index contributed by atoms with van der Waals surface area (Å²) in [6.07, 6.45) is 3.02. The number of nitrogens with zero attached hydrogens (tertiary/aromatic N) is 2. The molecule has 0 fully saturated rings. The normalized spacial score (nSPS) is 12.1. The number of hydrogen-bond acceptors (Lipinski definition) is 4. The van der Waals surface area contributed by atoms with Gasteiger partial charge in [-0.3, -0.25) is 13.9 Å². The maximum Gasteiger partial charge on any atom is 0.242 e. The van der Waals surface area contributed by atoms with Crippen LogP contribution in [-0.4, -0.2) is 50.5 Å². The molecular formula is C27H39N3O4S. The van der Waals surface area contributed by atoms with Crippen molar-refractivity contribution in [3.8, 4) is 0 Å². The average Bonchev–Trinajstić information content (AvgIpc) is 2.81. The van der Waals surface area contributed by atoms with Gasteiger partial charge in [0.15, 0.2) is 0 Å². The van der Waals surface area contributed by atoms with Crippen LogP contribution in [-0.2, 0) is 32.6 Å². The molecule has 2 aromatic rings. The Labute approximate surface area is 210 Å². The molecule has 0 saturated heterocycles. The van der Waals surface area contributed by atoms with Crippen molar-refractivity contribution in [3.63, 3.8) is 0 Å². The number of likely N-dealkylation sites (N-methyl/N-ethyl adjacent to an activating group) is 1. The van der Waals surface area contributed by atoms with Gasteiger partial charge in [0.05, 0.1) is 11.9 Å². The zero-order chi connectivity index (χ0) is 26.0. The Kier molecular flexibility index (Phi) is 10.8. The zero-order valence-corrected chi connectivity index (χ0v) is 22.4. The van der Waals surface area contributed by atoms with E-state index in [2.05, 4.69) is 5.32 Å². The van der Waals surface area contributed by atoms with Crippen LogP contribution in [0.2, 0.25) is 0 Å². The number of amides is 2. The fraction of sp³-hybridized carbons (Fsp3) is 0.481. The molecule has 2 rings (SSSR count). The predicted molar refractivity (Wildman–Crippen MR) is 142 cm³/mol. The fourth-order valence-electron chi connectivity index (χ4n) is 4.12. The van der Waals surface area contributed by atoms with E-state index in [9.17, 15) is 18.0 Å². The molecule has 0 saturated carbocycles. The molecule has 0 radical (unpaired) electrons. The summed E-state index contributed by atoms with van der Waals surface area (Å²) in [5.41, 5.74) is 3.75. The molecule has 2 amide bonds. The molecule has 0 aliphatic carbocycles. The Morgan fingerprint density at radius 1 is 1.00 bits per heavy atom. The first kappa shape index (κ1) is 28.4. The monoisotopic (exact) mass is 501 g/mol. The van der Waals surface area contributed by atoms with Crippen LogP contribution in [0.3, 0.4) is 0 Å². The van der Waals surface area contributed by atoms with Crippen LogP contribution in [0.1, 0.15) is 56.7 Å². The highest BCUT2D eigenvalue weighted by Gasteiger charge is 2.28. The van der Waals surface area contributed by atoms with Crippen molar-refractivity contribution in [1.82, 2.24) is 10.2 Å². The Balaban J connectivity index is 2.19. The van der Waals surface area contributed by atoms with Crippen LogP contribution in [0, 0.1) is 6.92 Å². The van der Waals surface area contributed by atoms with Crippen molar-refractivity contribution in [2.24, 2.45) is 0 Å². The standard InChI is InChI=1S/C27H39N3O4S/c1-6-22-14-16-24(17-15-22)30(35(5,33)34)18-10-13-26(31)29(25(7-2)27(32)28-8-3)20-23-12-9-11-21(4)19-23/h9,11-12,14-17,19,25H,6-8,10,13,18,20H2,1-5H3,(H,28,32)/t25-/m0/s1. The number of nitrogens with one attached hydrogen (secondary N) is 1. The van der Waals surface area contributed by atoms with E-state index in [1.807, 2.05) is 64.1 Å². The largest absolute Gasteiger partial charge is 0.355 e. The Hall–Kier alpha value is -2.87. The number of rotatable bonds is 13. The van der Waals surface area contributed by atoms with Gasteiger partial charge in [0.2, 0.25) is 21.8 Å². The van der Waals surface area contributed by atoms with E-state index in [-0.39, 0.29) is 24.8 Å². The second kappa shape index (κ2) is 13.3. The average molecular weight is 502 g/mol. The number of benzene rings is 2. The highest BCUT2D eigenvalue weighted by atomic mass is 32.2. The smallest absolute Gasteiger partial charge is 0.242 e. The molecule has 0 unspecified atom stereocenters. The van der Waals surface area contributed by atoms with E-state index in [4.69, 9.17) is 0 Å². The summed E-state index contributed by atoms with van der Waals surface area (Å²) in [6.45, 7) is 8.77. The molecule has 0 aliphatic rings. The topological polar surface area (TPSA) is 86.8 Å². The van der Waals surface area contributed by atoms with Gasteiger partial charge in [0, 0.05) is 26.1 Å². The lowest BCUT2D eigenvalue weighted by Gasteiger charge is -2.31. The van der Waals surface area contributed by atoms with E-state index >= 15 is 0 Å². The van der Waals surface area contributed by atoms with E-state index in [1.54, 1.807) is 17.0 Å². The Morgan fingerprint density at radius 3 is 2.23 bits per heavy atom. The minimum absolute atomic E-state index is 0.140. The van der Waals surface area contributed by atoms with E-state index in [0.29, 0.717) is 31.6 Å². The van der Waals surface area contributed by atoms with Gasteiger partial charge in [-0.2, -0.15) is 0 Å². The molecule has 0 bridgehead atoms. The van der Waals surface area contributed by atoms with E-state index < -0.39 is 16.1 Å². The summed E-state index contributed by atoms with van der Waals surface area (Å²) in [7, 11) is -3.51. The van der Waals surface area contributed by atoms with Gasteiger partial charge < -0.3 is 10.2 Å². The third-order valence-corrected chi connectivity index (χ3v) is 7.15. The molecule has 7 nitrogen and oxygen atoms in total. The molecule has 1 N–H and O–H groups in total. The minimum atomic E-state index is -3.51. The van der Waals surface area contributed by atoms with Gasteiger partial charge in [-0.1, -0.05) is 55.8 Å². The summed E-state index contributed by atoms with van der Waals surface area (Å²) in [5.74, 6) is -0.343. The molecule has 1 atom stereocenters. The second-order valence-corrected chi connectivity index (χ2v) is 10.7. The molecule has 0 heterocycles. The number of sulfonamides is 1. The lowest BCUT2D eigenvalue weighted by molar-refractivity contribution is -0.141. The van der Waals surface area contributed by atoms with Crippen molar-refractivity contribution < 1.29 is 18.0 Å². The van der Waals surface area contributed by atoms with Crippen molar-refractivity contribution in [3.05, 3.63) is 65.2 Å². The first-order valence-corrected chi connectivity index (χ1v) is 14.1.